The van der Waals surface area contributed by atoms with E-state index in [1.807, 2.05) is 12.3 Å². The average molecular weight is 526 g/mol. The summed E-state index contributed by atoms with van der Waals surface area (Å²) in [6.45, 7) is 18.9. The third kappa shape index (κ3) is 7.21. The number of benzene rings is 1. The quantitative estimate of drug-likeness (QED) is 0.453. The third-order valence-corrected chi connectivity index (χ3v) is 7.51. The zero-order chi connectivity index (χ0) is 27.3. The molecule has 1 aromatic carbocycles. The zero-order valence-corrected chi connectivity index (χ0v) is 23.9. The lowest BCUT2D eigenvalue weighted by Gasteiger charge is -2.42. The molecule has 2 aliphatic rings. The molecule has 0 radical (unpaired) electrons. The molecule has 4 N–H and O–H groups in total. The summed E-state index contributed by atoms with van der Waals surface area (Å²) in [5.74, 6) is 1.67. The maximum Gasteiger partial charge on any atom is 0.225 e. The van der Waals surface area contributed by atoms with Crippen LogP contribution >= 0.6 is 0 Å². The van der Waals surface area contributed by atoms with Gasteiger partial charge in [-0.3, -0.25) is 9.80 Å². The molecule has 1 aromatic heterocycles. The van der Waals surface area contributed by atoms with Crippen molar-refractivity contribution in [3.05, 3.63) is 36.0 Å². The summed E-state index contributed by atoms with van der Waals surface area (Å²) in [7, 11) is 0. The van der Waals surface area contributed by atoms with Gasteiger partial charge in [-0.1, -0.05) is 20.8 Å². The summed E-state index contributed by atoms with van der Waals surface area (Å²) in [4.78, 5) is 16.5. The number of hydrogen-bond acceptors (Lipinski definition) is 9. The molecule has 38 heavy (non-hydrogen) atoms. The molecule has 9 heteroatoms. The number of nitrogens with zero attached hydrogens (tertiary/aromatic N) is 5. The fourth-order valence-corrected chi connectivity index (χ4v) is 5.38. The number of aliphatic hydroxyl groups excluding tert-OH is 1. The Bertz CT molecular complexity index is 1030. The summed E-state index contributed by atoms with van der Waals surface area (Å²) in [6.07, 6.45) is 1.97. The van der Waals surface area contributed by atoms with Crippen LogP contribution in [0.4, 0.5) is 5.95 Å². The van der Waals surface area contributed by atoms with Crippen molar-refractivity contribution in [1.29, 1.82) is 0 Å². The molecule has 4 rings (SSSR count). The van der Waals surface area contributed by atoms with Crippen LogP contribution in [-0.2, 0) is 5.41 Å². The molecule has 2 saturated heterocycles. The van der Waals surface area contributed by atoms with Crippen LogP contribution in [0.25, 0.3) is 11.3 Å². The molecule has 0 aliphatic carbocycles. The molecule has 3 heterocycles. The number of nitrogens with one attached hydrogen (secondary N) is 1. The highest BCUT2D eigenvalue weighted by Crippen LogP contribution is 2.35. The summed E-state index contributed by atoms with van der Waals surface area (Å²) in [6, 6.07) is 8.21. The van der Waals surface area contributed by atoms with Crippen LogP contribution in [0.15, 0.2) is 30.5 Å². The molecule has 2 unspecified atom stereocenters. The lowest BCUT2D eigenvalue weighted by atomic mass is 9.85. The number of nitrogens with two attached hydrogens (primary N) is 1. The number of piperazine rings is 2. The van der Waals surface area contributed by atoms with Gasteiger partial charge in [-0.25, -0.2) is 9.97 Å². The Balaban J connectivity index is 1.43. The Morgan fingerprint density at radius 1 is 1.05 bits per heavy atom. The van der Waals surface area contributed by atoms with E-state index in [2.05, 4.69) is 77.8 Å². The number of hydrogen-bond donors (Lipinski definition) is 3. The minimum atomic E-state index is -0.0797. The second kappa shape index (κ2) is 12.7. The van der Waals surface area contributed by atoms with Crippen molar-refractivity contribution in [1.82, 2.24) is 25.1 Å². The predicted octanol–water partition coefficient (Wildman–Crippen LogP) is 1.94. The first-order chi connectivity index (χ1) is 18.2. The van der Waals surface area contributed by atoms with Gasteiger partial charge in [-0.05, 0) is 43.5 Å². The Hall–Kier alpha value is -2.30. The van der Waals surface area contributed by atoms with Gasteiger partial charge in [0.25, 0.3) is 0 Å². The Labute approximate surface area is 228 Å². The fourth-order valence-electron chi connectivity index (χ4n) is 5.38. The number of ether oxygens (including phenoxy) is 1. The summed E-state index contributed by atoms with van der Waals surface area (Å²) in [5.41, 5.74) is 9.68. The fraction of sp³-hybridized carbons (Fsp3) is 0.655. The first-order valence-electron chi connectivity index (χ1n) is 14.1. The van der Waals surface area contributed by atoms with Crippen LogP contribution < -0.4 is 20.7 Å². The van der Waals surface area contributed by atoms with Crippen molar-refractivity contribution in [3.63, 3.8) is 0 Å². The minimum Gasteiger partial charge on any atom is -0.491 e. The van der Waals surface area contributed by atoms with Crippen LogP contribution in [0.1, 0.15) is 40.2 Å². The van der Waals surface area contributed by atoms with Gasteiger partial charge < -0.3 is 25.8 Å². The van der Waals surface area contributed by atoms with Gasteiger partial charge in [0.2, 0.25) is 5.95 Å². The summed E-state index contributed by atoms with van der Waals surface area (Å²) >= 11 is 0. The van der Waals surface area contributed by atoms with E-state index in [1.54, 1.807) is 0 Å². The van der Waals surface area contributed by atoms with Crippen molar-refractivity contribution in [2.45, 2.75) is 58.2 Å². The van der Waals surface area contributed by atoms with E-state index >= 15 is 0 Å². The molecule has 210 valence electrons. The Morgan fingerprint density at radius 3 is 2.39 bits per heavy atom. The second-order valence-electron chi connectivity index (χ2n) is 11.9. The molecule has 2 fully saturated rings. The van der Waals surface area contributed by atoms with Crippen LogP contribution in [-0.4, -0.2) is 109 Å². The Kier molecular flexibility index (Phi) is 9.59. The molecular weight excluding hydrogens is 478 g/mol. The van der Waals surface area contributed by atoms with E-state index in [-0.39, 0.29) is 30.2 Å². The van der Waals surface area contributed by atoms with Crippen molar-refractivity contribution in [2.24, 2.45) is 5.73 Å². The molecule has 2 atom stereocenters. The van der Waals surface area contributed by atoms with Gasteiger partial charge in [0.05, 0.1) is 18.4 Å². The summed E-state index contributed by atoms with van der Waals surface area (Å²) < 4.78 is 6.10. The van der Waals surface area contributed by atoms with Gasteiger partial charge in [-0.2, -0.15) is 0 Å². The van der Waals surface area contributed by atoms with E-state index < -0.39 is 0 Å². The van der Waals surface area contributed by atoms with Crippen LogP contribution in [0.3, 0.4) is 0 Å². The van der Waals surface area contributed by atoms with Crippen molar-refractivity contribution in [3.8, 4) is 17.0 Å². The van der Waals surface area contributed by atoms with Gasteiger partial charge in [0.1, 0.15) is 5.75 Å². The lowest BCUT2D eigenvalue weighted by molar-refractivity contribution is 0.0828. The molecule has 0 saturated carbocycles. The van der Waals surface area contributed by atoms with Crippen molar-refractivity contribution in [2.75, 3.05) is 70.4 Å². The molecule has 0 amide bonds. The molecular formula is C29H47N7O2. The summed E-state index contributed by atoms with van der Waals surface area (Å²) in [5, 5.41) is 13.6. The highest BCUT2D eigenvalue weighted by molar-refractivity contribution is 5.64. The monoisotopic (exact) mass is 525 g/mol. The second-order valence-corrected chi connectivity index (χ2v) is 11.9. The van der Waals surface area contributed by atoms with E-state index in [0.29, 0.717) is 0 Å². The zero-order valence-electron chi connectivity index (χ0n) is 23.9. The van der Waals surface area contributed by atoms with Crippen LogP contribution in [0.2, 0.25) is 0 Å². The highest BCUT2D eigenvalue weighted by Gasteiger charge is 2.30. The maximum absolute atomic E-state index is 10.2. The molecule has 2 aliphatic heterocycles. The van der Waals surface area contributed by atoms with Crippen LogP contribution in [0, 0.1) is 0 Å². The standard InChI is InChI=1S/C29H47N7O2/c1-21(2)38-27-7-6-22(18-23(27)29(3,4)5)25-8-9-32-28(33-25)36-16-14-35(15-17-36)26(20-37)24(30)19-34-12-10-31-11-13-34/h6-9,18,21,24,26,31,37H,10-17,19-20,30H2,1-5H3. The minimum absolute atomic E-state index is 0.0401. The SMILES string of the molecule is CC(C)Oc1ccc(-c2ccnc(N3CCN(C(CO)C(N)CN4CCNCC4)CC3)n2)cc1C(C)(C)C. The van der Waals surface area contributed by atoms with Crippen LogP contribution in [0.5, 0.6) is 5.75 Å². The number of aromatic nitrogens is 2. The van der Waals surface area contributed by atoms with E-state index in [0.717, 1.165) is 81.9 Å². The van der Waals surface area contributed by atoms with E-state index in [4.69, 9.17) is 15.5 Å². The third-order valence-electron chi connectivity index (χ3n) is 7.51. The molecule has 9 nitrogen and oxygen atoms in total. The van der Waals surface area contributed by atoms with E-state index in [1.165, 1.54) is 5.56 Å². The Morgan fingerprint density at radius 2 is 1.76 bits per heavy atom. The normalized spacial score (nSPS) is 19.5. The highest BCUT2D eigenvalue weighted by atomic mass is 16.5. The van der Waals surface area contributed by atoms with Gasteiger partial charge >= 0.3 is 0 Å². The average Bonchev–Trinajstić information content (AvgIpc) is 2.89. The number of anilines is 1. The topological polar surface area (TPSA) is 103 Å². The first kappa shape index (κ1) is 28.7. The molecule has 2 aromatic rings. The smallest absolute Gasteiger partial charge is 0.225 e. The number of aliphatic hydroxyl groups is 1. The van der Waals surface area contributed by atoms with Gasteiger partial charge in [-0.15, -0.1) is 0 Å². The van der Waals surface area contributed by atoms with Gasteiger partial charge in [0.15, 0.2) is 0 Å². The van der Waals surface area contributed by atoms with E-state index in [9.17, 15) is 5.11 Å². The lowest BCUT2D eigenvalue weighted by Crippen LogP contribution is -2.60. The molecule has 0 bridgehead atoms. The largest absolute Gasteiger partial charge is 0.491 e. The number of rotatable bonds is 9. The predicted molar refractivity (Wildman–Crippen MR) is 154 cm³/mol. The molecule has 0 spiro atoms. The maximum atomic E-state index is 10.2. The van der Waals surface area contributed by atoms with Crippen molar-refractivity contribution >= 4 is 5.95 Å². The van der Waals surface area contributed by atoms with Gasteiger partial charge in [0, 0.05) is 88.3 Å². The first-order valence-corrected chi connectivity index (χ1v) is 14.1. The van der Waals surface area contributed by atoms with Crippen molar-refractivity contribution < 1.29 is 9.84 Å².